The third-order valence-corrected chi connectivity index (χ3v) is 5.00. The fraction of sp³-hybridized carbons (Fsp3) is 0.208. The van der Waals surface area contributed by atoms with Crippen LogP contribution in [0.1, 0.15) is 0 Å². The number of benzene rings is 3. The van der Waals surface area contributed by atoms with E-state index in [0.717, 1.165) is 17.8 Å². The van der Waals surface area contributed by atoms with Crippen LogP contribution >= 0.6 is 0 Å². The fourth-order valence-corrected chi connectivity index (χ4v) is 3.68. The highest BCUT2D eigenvalue weighted by atomic mass is 16.5. The van der Waals surface area contributed by atoms with E-state index in [1.807, 2.05) is 0 Å². The fourth-order valence-electron chi connectivity index (χ4n) is 3.68. The molecule has 0 saturated heterocycles. The topological polar surface area (TPSA) is 16.4 Å². The summed E-state index contributed by atoms with van der Waals surface area (Å²) in [5.74, 6) is 0.930. The molecule has 1 aromatic heterocycles. The van der Waals surface area contributed by atoms with Gasteiger partial charge in [0.05, 0.1) is 10.8 Å². The van der Waals surface area contributed by atoms with Crippen LogP contribution in [0.2, 0.25) is 0 Å². The van der Waals surface area contributed by atoms with Gasteiger partial charge in [0.1, 0.15) is 13.7 Å². The van der Waals surface area contributed by atoms with E-state index in [1.165, 1.54) is 27.4 Å². The summed E-state index contributed by atoms with van der Waals surface area (Å²) in [6.45, 7) is 1.55. The molecule has 0 aliphatic rings. The van der Waals surface area contributed by atoms with Crippen molar-refractivity contribution in [2.24, 2.45) is 7.05 Å². The maximum atomic E-state index is 6.19. The Hall–Kier alpha value is -2.91. The summed E-state index contributed by atoms with van der Waals surface area (Å²) in [6, 6.07) is 25.6. The van der Waals surface area contributed by atoms with Gasteiger partial charge in [0.2, 0.25) is 5.52 Å². The predicted octanol–water partition coefficient (Wildman–Crippen LogP) is 4.42. The van der Waals surface area contributed by atoms with Gasteiger partial charge >= 0.3 is 0 Å². The summed E-state index contributed by atoms with van der Waals surface area (Å²) in [5.41, 5.74) is 4.82. The van der Waals surface area contributed by atoms with Gasteiger partial charge in [0.25, 0.3) is 5.52 Å². The minimum absolute atomic E-state index is 0.666. The summed E-state index contributed by atoms with van der Waals surface area (Å²) in [5, 5.41) is 2.47. The van der Waals surface area contributed by atoms with Gasteiger partial charge in [0.15, 0.2) is 5.75 Å². The van der Waals surface area contributed by atoms with Crippen molar-refractivity contribution in [3.63, 3.8) is 0 Å². The first-order valence-corrected chi connectivity index (χ1v) is 9.33. The maximum absolute atomic E-state index is 6.19. The molecule has 3 nitrogen and oxygen atoms in total. The van der Waals surface area contributed by atoms with Crippen molar-refractivity contribution < 1.29 is 9.30 Å². The minimum Gasteiger partial charge on any atom is -0.486 e. The number of fused-ring (bicyclic) bond motifs is 2. The molecule has 0 bridgehead atoms. The highest BCUT2D eigenvalue weighted by Gasteiger charge is 2.22. The van der Waals surface area contributed by atoms with Crippen LogP contribution in [0.25, 0.3) is 32.9 Å². The number of aromatic nitrogens is 1. The molecule has 0 unspecified atom stereocenters. The number of para-hydroxylation sites is 2. The number of aryl methyl sites for hydroxylation is 1. The van der Waals surface area contributed by atoms with E-state index in [4.69, 9.17) is 4.74 Å². The monoisotopic (exact) mass is 357 g/mol. The standard InChI is InChI=1S/C24H25N2O/c1-25(2)16-17-27-22-15-9-13-20-23(18-10-5-4-6-11-18)19-12-7-8-14-21(19)26(3)24(20)22/h4-15H,16-17H2,1-3H3/q+1. The summed E-state index contributed by atoms with van der Waals surface area (Å²) >= 11 is 0. The molecule has 0 atom stereocenters. The van der Waals surface area contributed by atoms with E-state index in [9.17, 15) is 0 Å². The molecule has 0 aliphatic heterocycles. The first-order valence-electron chi connectivity index (χ1n) is 9.33. The number of pyridine rings is 1. The van der Waals surface area contributed by atoms with Crippen LogP contribution < -0.4 is 9.30 Å². The van der Waals surface area contributed by atoms with Crippen LogP contribution in [-0.2, 0) is 7.05 Å². The van der Waals surface area contributed by atoms with Gasteiger partial charge < -0.3 is 9.64 Å². The lowest BCUT2D eigenvalue weighted by Crippen LogP contribution is -2.31. The number of likely N-dealkylation sites (N-methyl/N-ethyl adjacent to an activating group) is 1. The molecule has 136 valence electrons. The zero-order valence-electron chi connectivity index (χ0n) is 16.1. The Kier molecular flexibility index (Phi) is 4.78. The second kappa shape index (κ2) is 7.37. The molecular formula is C24H25N2O+. The average Bonchev–Trinajstić information content (AvgIpc) is 2.69. The Labute approximate surface area is 160 Å². The molecule has 3 aromatic carbocycles. The Bertz CT molecular complexity index is 1090. The number of ether oxygens (including phenoxy) is 1. The first-order chi connectivity index (χ1) is 13.2. The third-order valence-electron chi connectivity index (χ3n) is 5.00. The van der Waals surface area contributed by atoms with Gasteiger partial charge in [0, 0.05) is 18.2 Å². The molecule has 0 fully saturated rings. The van der Waals surface area contributed by atoms with Crippen molar-refractivity contribution in [1.82, 2.24) is 4.90 Å². The molecule has 4 rings (SSSR count). The van der Waals surface area contributed by atoms with Crippen molar-refractivity contribution >= 4 is 21.8 Å². The van der Waals surface area contributed by atoms with Gasteiger partial charge in [-0.05, 0) is 37.9 Å². The minimum atomic E-state index is 0.666. The molecule has 0 radical (unpaired) electrons. The van der Waals surface area contributed by atoms with E-state index in [-0.39, 0.29) is 0 Å². The Morgan fingerprint density at radius 3 is 2.30 bits per heavy atom. The van der Waals surface area contributed by atoms with Crippen LogP contribution in [-0.4, -0.2) is 32.1 Å². The lowest BCUT2D eigenvalue weighted by Gasteiger charge is -2.14. The molecule has 3 heteroatoms. The Morgan fingerprint density at radius 1 is 0.815 bits per heavy atom. The molecule has 0 amide bonds. The highest BCUT2D eigenvalue weighted by molar-refractivity contribution is 6.08. The number of rotatable bonds is 5. The van der Waals surface area contributed by atoms with Crippen LogP contribution in [0.4, 0.5) is 0 Å². The SMILES string of the molecule is CN(C)CCOc1cccc2c(-c3ccccc3)c3ccccc3[n+](C)c12. The first kappa shape index (κ1) is 17.5. The van der Waals surface area contributed by atoms with Crippen LogP contribution in [0, 0.1) is 0 Å². The Balaban J connectivity index is 2.01. The second-order valence-electron chi connectivity index (χ2n) is 7.12. The zero-order chi connectivity index (χ0) is 18.8. The molecule has 0 saturated carbocycles. The summed E-state index contributed by atoms with van der Waals surface area (Å²) < 4.78 is 8.44. The lowest BCUT2D eigenvalue weighted by atomic mass is 9.95. The maximum Gasteiger partial charge on any atom is 0.255 e. The van der Waals surface area contributed by atoms with Crippen LogP contribution in [0.3, 0.4) is 0 Å². The van der Waals surface area contributed by atoms with Crippen LogP contribution in [0.15, 0.2) is 72.8 Å². The van der Waals surface area contributed by atoms with E-state index in [1.54, 1.807) is 0 Å². The molecule has 0 N–H and O–H groups in total. The number of nitrogens with zero attached hydrogens (tertiary/aromatic N) is 2. The molecule has 4 aromatic rings. The normalized spacial score (nSPS) is 11.4. The molecule has 1 heterocycles. The van der Waals surface area contributed by atoms with Crippen LogP contribution in [0.5, 0.6) is 5.75 Å². The van der Waals surface area contributed by atoms with Crippen molar-refractivity contribution in [2.75, 3.05) is 27.2 Å². The van der Waals surface area contributed by atoms with Gasteiger partial charge in [-0.3, -0.25) is 0 Å². The van der Waals surface area contributed by atoms with E-state index in [0.29, 0.717) is 6.61 Å². The largest absolute Gasteiger partial charge is 0.486 e. The molecular weight excluding hydrogens is 332 g/mol. The molecule has 0 aliphatic carbocycles. The lowest BCUT2D eigenvalue weighted by molar-refractivity contribution is -0.617. The van der Waals surface area contributed by atoms with E-state index in [2.05, 4.69) is 103 Å². The smallest absolute Gasteiger partial charge is 0.255 e. The summed E-state index contributed by atoms with van der Waals surface area (Å²) in [7, 11) is 6.25. The second-order valence-corrected chi connectivity index (χ2v) is 7.12. The van der Waals surface area contributed by atoms with Crippen molar-refractivity contribution in [3.05, 3.63) is 72.8 Å². The Morgan fingerprint density at radius 2 is 1.52 bits per heavy atom. The third kappa shape index (κ3) is 3.26. The molecule has 27 heavy (non-hydrogen) atoms. The van der Waals surface area contributed by atoms with Gasteiger partial charge in [-0.25, -0.2) is 0 Å². The van der Waals surface area contributed by atoms with Gasteiger partial charge in [-0.2, -0.15) is 4.57 Å². The van der Waals surface area contributed by atoms with Crippen molar-refractivity contribution in [3.8, 4) is 16.9 Å². The number of hydrogen-bond acceptors (Lipinski definition) is 2. The average molecular weight is 357 g/mol. The zero-order valence-corrected chi connectivity index (χ0v) is 16.1. The quantitative estimate of drug-likeness (QED) is 0.388. The number of hydrogen-bond donors (Lipinski definition) is 0. The van der Waals surface area contributed by atoms with E-state index < -0.39 is 0 Å². The van der Waals surface area contributed by atoms with Crippen molar-refractivity contribution in [1.29, 1.82) is 0 Å². The van der Waals surface area contributed by atoms with Gasteiger partial charge in [-0.15, -0.1) is 0 Å². The highest BCUT2D eigenvalue weighted by Crippen LogP contribution is 2.36. The van der Waals surface area contributed by atoms with Gasteiger partial charge in [-0.1, -0.05) is 48.5 Å². The van der Waals surface area contributed by atoms with E-state index >= 15 is 0 Å². The van der Waals surface area contributed by atoms with Crippen molar-refractivity contribution in [2.45, 2.75) is 0 Å². The summed E-state index contributed by atoms with van der Waals surface area (Å²) in [4.78, 5) is 2.13. The summed E-state index contributed by atoms with van der Waals surface area (Å²) in [6.07, 6.45) is 0. The predicted molar refractivity (Wildman–Crippen MR) is 112 cm³/mol. The molecule has 0 spiro atoms.